The molecule has 1 saturated heterocycles. The van der Waals surface area contributed by atoms with E-state index in [-0.39, 0.29) is 18.6 Å². The normalized spacial score (nSPS) is 18.7. The number of piperazine rings is 1. The first-order valence-electron chi connectivity index (χ1n) is 6.86. The molecule has 2 heterocycles. The van der Waals surface area contributed by atoms with Gasteiger partial charge in [-0.25, -0.2) is 9.97 Å². The minimum atomic E-state index is -0.213. The van der Waals surface area contributed by atoms with E-state index in [1.165, 1.54) is 0 Å². The number of nitrogens with one attached hydrogen (secondary N) is 1. The van der Waals surface area contributed by atoms with E-state index < -0.39 is 0 Å². The van der Waals surface area contributed by atoms with Crippen molar-refractivity contribution in [3.05, 3.63) is 18.5 Å². The number of aliphatic hydroxyl groups is 1. The lowest BCUT2D eigenvalue weighted by Crippen LogP contribution is -2.53. The van der Waals surface area contributed by atoms with Gasteiger partial charge in [0, 0.05) is 45.1 Å². The smallest absolute Gasteiger partial charge is 0.243 e. The minimum Gasteiger partial charge on any atom is -0.395 e. The van der Waals surface area contributed by atoms with Gasteiger partial charge in [0.2, 0.25) is 11.9 Å². The monoisotopic (exact) mass is 279 g/mol. The van der Waals surface area contributed by atoms with Crippen LogP contribution in [-0.4, -0.2) is 76.2 Å². The van der Waals surface area contributed by atoms with E-state index in [4.69, 9.17) is 5.11 Å². The Bertz CT molecular complexity index is 420. The summed E-state index contributed by atoms with van der Waals surface area (Å²) in [5.41, 5.74) is 0. The van der Waals surface area contributed by atoms with Crippen molar-refractivity contribution in [2.45, 2.75) is 13.0 Å². The summed E-state index contributed by atoms with van der Waals surface area (Å²) in [5, 5.41) is 11.6. The molecule has 0 bridgehead atoms. The van der Waals surface area contributed by atoms with Gasteiger partial charge in [0.15, 0.2) is 0 Å². The highest BCUT2D eigenvalue weighted by atomic mass is 16.3. The van der Waals surface area contributed by atoms with Crippen LogP contribution >= 0.6 is 0 Å². The van der Waals surface area contributed by atoms with Gasteiger partial charge in [-0.05, 0) is 13.0 Å². The number of nitrogens with zero attached hydrogens (tertiary/aromatic N) is 4. The van der Waals surface area contributed by atoms with E-state index in [1.807, 2.05) is 6.92 Å². The maximum absolute atomic E-state index is 12.1. The van der Waals surface area contributed by atoms with Gasteiger partial charge >= 0.3 is 0 Å². The van der Waals surface area contributed by atoms with Crippen LogP contribution in [0.15, 0.2) is 18.5 Å². The summed E-state index contributed by atoms with van der Waals surface area (Å²) in [7, 11) is 0. The quantitative estimate of drug-likeness (QED) is 0.750. The average molecular weight is 279 g/mol. The second-order valence-corrected chi connectivity index (χ2v) is 4.84. The van der Waals surface area contributed by atoms with Crippen molar-refractivity contribution < 1.29 is 9.90 Å². The van der Waals surface area contributed by atoms with E-state index in [9.17, 15) is 4.79 Å². The molecule has 1 aliphatic heterocycles. The van der Waals surface area contributed by atoms with Gasteiger partial charge in [-0.1, -0.05) is 0 Å². The lowest BCUT2D eigenvalue weighted by molar-refractivity contribution is -0.121. The summed E-state index contributed by atoms with van der Waals surface area (Å²) < 4.78 is 0. The van der Waals surface area contributed by atoms with Gasteiger partial charge in [0.25, 0.3) is 0 Å². The topological polar surface area (TPSA) is 81.6 Å². The van der Waals surface area contributed by atoms with Gasteiger partial charge in [-0.15, -0.1) is 0 Å². The first kappa shape index (κ1) is 14.8. The highest BCUT2D eigenvalue weighted by Crippen LogP contribution is 2.08. The molecule has 2 rings (SSSR count). The van der Waals surface area contributed by atoms with E-state index in [2.05, 4.69) is 25.1 Å². The molecule has 1 aromatic heterocycles. The molecule has 1 atom stereocenters. The van der Waals surface area contributed by atoms with E-state index >= 15 is 0 Å². The second-order valence-electron chi connectivity index (χ2n) is 4.84. The summed E-state index contributed by atoms with van der Waals surface area (Å²) in [4.78, 5) is 24.4. The maximum Gasteiger partial charge on any atom is 0.243 e. The Morgan fingerprint density at radius 1 is 1.35 bits per heavy atom. The standard InChI is InChI=1S/C13H21N5O2/c1-11(12(20)16-13-14-3-2-4-15-13)18-7-5-17(6-8-18)9-10-19/h2-4,11,19H,5-10H2,1H3,(H,14,15,16,20). The Kier molecular flexibility index (Phi) is 5.40. The molecule has 110 valence electrons. The van der Waals surface area contributed by atoms with Gasteiger partial charge < -0.3 is 5.11 Å². The lowest BCUT2D eigenvalue weighted by Gasteiger charge is -2.37. The van der Waals surface area contributed by atoms with Crippen LogP contribution in [-0.2, 0) is 4.79 Å². The minimum absolute atomic E-state index is 0.0909. The number of aliphatic hydroxyl groups excluding tert-OH is 1. The van der Waals surface area contributed by atoms with Crippen LogP contribution < -0.4 is 5.32 Å². The molecular weight excluding hydrogens is 258 g/mol. The van der Waals surface area contributed by atoms with Crippen LogP contribution in [0.1, 0.15) is 6.92 Å². The molecule has 1 unspecified atom stereocenters. The second kappa shape index (κ2) is 7.28. The van der Waals surface area contributed by atoms with Crippen LogP contribution in [0.3, 0.4) is 0 Å². The zero-order valence-electron chi connectivity index (χ0n) is 11.7. The molecule has 1 aromatic rings. The van der Waals surface area contributed by atoms with Crippen molar-refractivity contribution in [3.8, 4) is 0 Å². The first-order chi connectivity index (χ1) is 9.70. The number of carbonyl (C=O) groups excluding carboxylic acids is 1. The molecule has 7 heteroatoms. The molecule has 1 amide bonds. The van der Waals surface area contributed by atoms with Gasteiger partial charge in [-0.2, -0.15) is 0 Å². The summed E-state index contributed by atoms with van der Waals surface area (Å²) in [6, 6.07) is 1.49. The Balaban J connectivity index is 1.82. The molecule has 20 heavy (non-hydrogen) atoms. The fourth-order valence-corrected chi connectivity index (χ4v) is 2.26. The molecule has 7 nitrogen and oxygen atoms in total. The molecule has 0 saturated carbocycles. The number of anilines is 1. The third-order valence-electron chi connectivity index (χ3n) is 3.55. The van der Waals surface area contributed by atoms with Crippen LogP contribution in [0.25, 0.3) is 0 Å². The lowest BCUT2D eigenvalue weighted by atomic mass is 10.2. The molecule has 0 aliphatic carbocycles. The first-order valence-corrected chi connectivity index (χ1v) is 6.86. The van der Waals surface area contributed by atoms with Gasteiger partial charge in [-0.3, -0.25) is 19.9 Å². The molecule has 0 radical (unpaired) electrons. The van der Waals surface area contributed by atoms with E-state index in [0.717, 1.165) is 26.2 Å². The number of amides is 1. The fraction of sp³-hybridized carbons (Fsp3) is 0.615. The van der Waals surface area contributed by atoms with Crippen LogP contribution in [0.2, 0.25) is 0 Å². The molecule has 2 N–H and O–H groups in total. The number of hydrogen-bond donors (Lipinski definition) is 2. The number of β-amino-alcohol motifs (C(OH)–C–C–N with tert-alkyl or cyclic N) is 1. The Labute approximate surface area is 118 Å². The van der Waals surface area contributed by atoms with Gasteiger partial charge in [0.05, 0.1) is 12.6 Å². The third-order valence-corrected chi connectivity index (χ3v) is 3.55. The summed E-state index contributed by atoms with van der Waals surface area (Å²) in [6.07, 6.45) is 3.20. The van der Waals surface area contributed by atoms with E-state index in [0.29, 0.717) is 12.5 Å². The molecule has 0 aromatic carbocycles. The molecule has 0 spiro atoms. The number of carbonyl (C=O) groups is 1. The number of hydrogen-bond acceptors (Lipinski definition) is 6. The van der Waals surface area contributed by atoms with Crippen LogP contribution in [0.5, 0.6) is 0 Å². The summed E-state index contributed by atoms with van der Waals surface area (Å²) in [5.74, 6) is 0.245. The molecular formula is C13H21N5O2. The molecule has 1 aliphatic rings. The largest absolute Gasteiger partial charge is 0.395 e. The highest BCUT2D eigenvalue weighted by Gasteiger charge is 2.25. The SMILES string of the molecule is CC(C(=O)Nc1ncccn1)N1CCN(CCO)CC1. The fourth-order valence-electron chi connectivity index (χ4n) is 2.26. The van der Waals surface area contributed by atoms with E-state index in [1.54, 1.807) is 18.5 Å². The van der Waals surface area contributed by atoms with Crippen LogP contribution in [0, 0.1) is 0 Å². The predicted octanol–water partition coefficient (Wildman–Crippen LogP) is -0.586. The summed E-state index contributed by atoms with van der Waals surface area (Å²) >= 11 is 0. The van der Waals surface area contributed by atoms with Crippen molar-refractivity contribution in [2.75, 3.05) is 44.6 Å². The Hall–Kier alpha value is -1.57. The zero-order valence-corrected chi connectivity index (χ0v) is 11.7. The highest BCUT2D eigenvalue weighted by molar-refractivity contribution is 5.93. The predicted molar refractivity (Wildman–Crippen MR) is 75.2 cm³/mol. The van der Waals surface area contributed by atoms with Crippen LogP contribution in [0.4, 0.5) is 5.95 Å². The maximum atomic E-state index is 12.1. The van der Waals surface area contributed by atoms with Gasteiger partial charge in [0.1, 0.15) is 0 Å². The summed E-state index contributed by atoms with van der Waals surface area (Å²) in [6.45, 7) is 6.17. The third kappa shape index (κ3) is 3.96. The van der Waals surface area contributed by atoms with Crippen molar-refractivity contribution in [2.24, 2.45) is 0 Å². The zero-order chi connectivity index (χ0) is 14.4. The number of aromatic nitrogens is 2. The average Bonchev–Trinajstić information content (AvgIpc) is 2.48. The van der Waals surface area contributed by atoms with Crippen molar-refractivity contribution >= 4 is 11.9 Å². The van der Waals surface area contributed by atoms with Crippen molar-refractivity contribution in [1.29, 1.82) is 0 Å². The Morgan fingerprint density at radius 3 is 2.60 bits per heavy atom. The number of rotatable bonds is 5. The van der Waals surface area contributed by atoms with Crippen molar-refractivity contribution in [3.63, 3.8) is 0 Å². The van der Waals surface area contributed by atoms with Crippen molar-refractivity contribution in [1.82, 2.24) is 19.8 Å². The molecule has 1 fully saturated rings. The Morgan fingerprint density at radius 2 is 2.00 bits per heavy atom.